The smallest absolute Gasteiger partial charge is 0.155 e. The van der Waals surface area contributed by atoms with Crippen LogP contribution in [0.1, 0.15) is 41.5 Å². The molecule has 0 aliphatic rings. The number of aromatic nitrogens is 5. The van der Waals surface area contributed by atoms with Crippen LogP contribution in [0.25, 0.3) is 11.6 Å². The van der Waals surface area contributed by atoms with Crippen molar-refractivity contribution in [2.24, 2.45) is 0 Å². The van der Waals surface area contributed by atoms with Crippen molar-refractivity contribution in [3.63, 3.8) is 0 Å². The van der Waals surface area contributed by atoms with Crippen LogP contribution < -0.4 is 0 Å². The second-order valence-corrected chi connectivity index (χ2v) is 3.26. The number of hydrogen-bond acceptors (Lipinski definition) is 3. The first-order chi connectivity index (χ1) is 10.9. The predicted molar refractivity (Wildman–Crippen MR) is 92.5 cm³/mol. The van der Waals surface area contributed by atoms with Crippen LogP contribution in [0.4, 0.5) is 0 Å². The highest BCUT2D eigenvalue weighted by atomic mass is 15.3. The van der Waals surface area contributed by atoms with E-state index in [2.05, 4.69) is 15.2 Å². The van der Waals surface area contributed by atoms with Gasteiger partial charge in [-0.1, -0.05) is 47.6 Å². The molecule has 0 saturated heterocycles. The standard InChI is InChI=1S/C11H9N5.3C2H6/c1-4-10(15-8-2-6-12-15)14-11(5-1)16-9-3-7-13-16;3*1-2/h1-9H;3*1-2H3. The van der Waals surface area contributed by atoms with Crippen LogP contribution in [0, 0.1) is 0 Å². The molecule has 0 bridgehead atoms. The third-order valence-electron chi connectivity index (χ3n) is 2.20. The van der Waals surface area contributed by atoms with Crippen molar-refractivity contribution < 1.29 is 0 Å². The summed E-state index contributed by atoms with van der Waals surface area (Å²) in [6, 6.07) is 9.46. The Morgan fingerprint density at radius 1 is 0.636 bits per heavy atom. The molecule has 22 heavy (non-hydrogen) atoms. The Morgan fingerprint density at radius 2 is 1.05 bits per heavy atom. The van der Waals surface area contributed by atoms with Crippen LogP contribution in [0.15, 0.2) is 55.1 Å². The molecule has 0 unspecified atom stereocenters. The van der Waals surface area contributed by atoms with Gasteiger partial charge in [-0.25, -0.2) is 14.3 Å². The Morgan fingerprint density at radius 3 is 1.36 bits per heavy atom. The summed E-state index contributed by atoms with van der Waals surface area (Å²) in [4.78, 5) is 4.46. The summed E-state index contributed by atoms with van der Waals surface area (Å²) < 4.78 is 3.43. The molecular weight excluding hydrogens is 274 g/mol. The van der Waals surface area contributed by atoms with Gasteiger partial charge in [0.05, 0.1) is 0 Å². The van der Waals surface area contributed by atoms with E-state index in [1.54, 1.807) is 21.8 Å². The minimum Gasteiger partial charge on any atom is -0.223 e. The van der Waals surface area contributed by atoms with Gasteiger partial charge < -0.3 is 0 Å². The van der Waals surface area contributed by atoms with Crippen LogP contribution >= 0.6 is 0 Å². The Balaban J connectivity index is 0.000000661. The SMILES string of the molecule is CC.CC.CC.c1cc(-n2cccn2)nc(-n2cccn2)c1. The molecular formula is C17H27N5. The van der Waals surface area contributed by atoms with Gasteiger partial charge in [-0.15, -0.1) is 0 Å². The zero-order valence-electron chi connectivity index (χ0n) is 14.4. The van der Waals surface area contributed by atoms with Gasteiger partial charge in [-0.3, -0.25) is 0 Å². The van der Waals surface area contributed by atoms with Crippen molar-refractivity contribution >= 4 is 0 Å². The number of nitrogens with zero attached hydrogens (tertiary/aromatic N) is 5. The lowest BCUT2D eigenvalue weighted by atomic mass is 10.4. The summed E-state index contributed by atoms with van der Waals surface area (Å²) in [7, 11) is 0. The summed E-state index contributed by atoms with van der Waals surface area (Å²) >= 11 is 0. The van der Waals surface area contributed by atoms with Gasteiger partial charge >= 0.3 is 0 Å². The van der Waals surface area contributed by atoms with Crippen LogP contribution in [0.3, 0.4) is 0 Å². The van der Waals surface area contributed by atoms with Crippen LogP contribution in [-0.4, -0.2) is 24.5 Å². The van der Waals surface area contributed by atoms with E-state index in [0.29, 0.717) is 0 Å². The van der Waals surface area contributed by atoms with E-state index in [0.717, 1.165) is 11.6 Å². The molecule has 0 saturated carbocycles. The van der Waals surface area contributed by atoms with Gasteiger partial charge in [0.15, 0.2) is 11.6 Å². The molecule has 3 aromatic heterocycles. The Kier molecular flexibility index (Phi) is 11.0. The van der Waals surface area contributed by atoms with Gasteiger partial charge in [0.25, 0.3) is 0 Å². The fourth-order valence-electron chi connectivity index (χ4n) is 1.48. The highest BCUT2D eigenvalue weighted by molar-refractivity contribution is 5.30. The van der Waals surface area contributed by atoms with Gasteiger partial charge in [-0.2, -0.15) is 10.2 Å². The quantitative estimate of drug-likeness (QED) is 0.698. The molecule has 3 heterocycles. The molecule has 0 aromatic carbocycles. The molecule has 0 fully saturated rings. The minimum atomic E-state index is 0.776. The van der Waals surface area contributed by atoms with E-state index in [9.17, 15) is 0 Å². The van der Waals surface area contributed by atoms with E-state index in [1.807, 2.05) is 84.3 Å². The third kappa shape index (κ3) is 5.52. The average molecular weight is 301 g/mol. The summed E-state index contributed by atoms with van der Waals surface area (Å²) in [5.74, 6) is 1.55. The Labute approximate surface area is 133 Å². The lowest BCUT2D eigenvalue weighted by Gasteiger charge is -2.03. The van der Waals surface area contributed by atoms with Crippen molar-refractivity contribution in [2.75, 3.05) is 0 Å². The summed E-state index contributed by atoms with van der Waals surface area (Å²) in [5.41, 5.74) is 0. The second kappa shape index (κ2) is 12.3. The highest BCUT2D eigenvalue weighted by Crippen LogP contribution is 2.07. The number of hydrogen-bond donors (Lipinski definition) is 0. The van der Waals surface area contributed by atoms with E-state index in [1.165, 1.54) is 0 Å². The largest absolute Gasteiger partial charge is 0.223 e. The van der Waals surface area contributed by atoms with E-state index < -0.39 is 0 Å². The molecule has 0 spiro atoms. The van der Waals surface area contributed by atoms with Crippen molar-refractivity contribution in [3.05, 3.63) is 55.1 Å². The lowest BCUT2D eigenvalue weighted by Crippen LogP contribution is -2.03. The van der Waals surface area contributed by atoms with Crippen LogP contribution in [-0.2, 0) is 0 Å². The summed E-state index contributed by atoms with van der Waals surface area (Å²) in [6.45, 7) is 12.0. The first-order valence-electron chi connectivity index (χ1n) is 7.90. The molecule has 5 heteroatoms. The maximum Gasteiger partial charge on any atom is 0.155 e. The van der Waals surface area contributed by atoms with Gasteiger partial charge in [0, 0.05) is 24.8 Å². The monoisotopic (exact) mass is 301 g/mol. The normalized spacial score (nSPS) is 8.45. The molecule has 120 valence electrons. The third-order valence-corrected chi connectivity index (χ3v) is 2.20. The average Bonchev–Trinajstić information content (AvgIpc) is 3.34. The lowest BCUT2D eigenvalue weighted by molar-refractivity contribution is 0.803. The second-order valence-electron chi connectivity index (χ2n) is 3.26. The fourth-order valence-corrected chi connectivity index (χ4v) is 1.48. The van der Waals surface area contributed by atoms with Crippen molar-refractivity contribution in [1.82, 2.24) is 24.5 Å². The molecule has 0 N–H and O–H groups in total. The maximum absolute atomic E-state index is 4.46. The fraction of sp³-hybridized carbons (Fsp3) is 0.353. The zero-order valence-corrected chi connectivity index (χ0v) is 14.4. The van der Waals surface area contributed by atoms with Crippen molar-refractivity contribution in [2.45, 2.75) is 41.5 Å². The Hall–Kier alpha value is -2.43. The summed E-state index contributed by atoms with van der Waals surface area (Å²) in [6.07, 6.45) is 7.16. The van der Waals surface area contributed by atoms with E-state index >= 15 is 0 Å². The first kappa shape index (κ1) is 19.6. The number of pyridine rings is 1. The van der Waals surface area contributed by atoms with Crippen LogP contribution in [0.2, 0.25) is 0 Å². The molecule has 3 aromatic rings. The minimum absolute atomic E-state index is 0.776. The van der Waals surface area contributed by atoms with Crippen molar-refractivity contribution in [1.29, 1.82) is 0 Å². The summed E-state index contributed by atoms with van der Waals surface area (Å²) in [5, 5.41) is 8.27. The molecule has 0 radical (unpaired) electrons. The number of rotatable bonds is 2. The highest BCUT2D eigenvalue weighted by Gasteiger charge is 2.01. The molecule has 3 rings (SSSR count). The van der Waals surface area contributed by atoms with E-state index in [-0.39, 0.29) is 0 Å². The van der Waals surface area contributed by atoms with Crippen molar-refractivity contribution in [3.8, 4) is 11.6 Å². The predicted octanol–water partition coefficient (Wildman–Crippen LogP) is 4.53. The molecule has 0 aliphatic carbocycles. The maximum atomic E-state index is 4.46. The molecule has 5 nitrogen and oxygen atoms in total. The van der Waals surface area contributed by atoms with Crippen LogP contribution in [0.5, 0.6) is 0 Å². The van der Waals surface area contributed by atoms with E-state index in [4.69, 9.17) is 0 Å². The first-order valence-corrected chi connectivity index (χ1v) is 7.90. The van der Waals surface area contributed by atoms with Gasteiger partial charge in [-0.05, 0) is 24.3 Å². The molecule has 0 atom stereocenters. The topological polar surface area (TPSA) is 48.5 Å². The molecule has 0 aliphatic heterocycles. The van der Waals surface area contributed by atoms with Gasteiger partial charge in [0.1, 0.15) is 0 Å². The molecule has 0 amide bonds. The zero-order chi connectivity index (χ0) is 16.8. The Bertz CT molecular complexity index is 521. The van der Waals surface area contributed by atoms with Gasteiger partial charge in [0.2, 0.25) is 0 Å².